The Morgan fingerprint density at radius 1 is 1.38 bits per heavy atom. The van der Waals surface area contributed by atoms with E-state index in [0.29, 0.717) is 19.5 Å². The van der Waals surface area contributed by atoms with Crippen molar-refractivity contribution in [2.24, 2.45) is 5.73 Å². The standard InChI is InChI=1S/C15H23N3O2.ClH/c1-12-5-4-7-15(20)18(12)10-8-14(19)17-9-3-2-6-13(16)11-17;/h4-5,7,13H,2-3,6,8-11,16H2,1H3;1H. The van der Waals surface area contributed by atoms with E-state index in [2.05, 4.69) is 0 Å². The Morgan fingerprint density at radius 3 is 2.86 bits per heavy atom. The molecule has 0 aliphatic carbocycles. The number of aromatic nitrogens is 1. The van der Waals surface area contributed by atoms with Gasteiger partial charge in [0.1, 0.15) is 0 Å². The number of carbonyl (C=O) groups is 1. The summed E-state index contributed by atoms with van der Waals surface area (Å²) in [6, 6.07) is 5.24. The maximum Gasteiger partial charge on any atom is 0.250 e. The number of hydrogen-bond donors (Lipinski definition) is 1. The van der Waals surface area contributed by atoms with Crippen LogP contribution in [0.3, 0.4) is 0 Å². The molecular weight excluding hydrogens is 290 g/mol. The molecule has 2 heterocycles. The van der Waals surface area contributed by atoms with E-state index in [1.54, 1.807) is 10.6 Å². The number of rotatable bonds is 3. The normalized spacial score (nSPS) is 18.8. The van der Waals surface area contributed by atoms with Crippen LogP contribution in [-0.4, -0.2) is 34.5 Å². The van der Waals surface area contributed by atoms with Crippen LogP contribution >= 0.6 is 12.4 Å². The van der Waals surface area contributed by atoms with Crippen LogP contribution in [0.15, 0.2) is 23.0 Å². The van der Waals surface area contributed by atoms with E-state index >= 15 is 0 Å². The van der Waals surface area contributed by atoms with E-state index in [4.69, 9.17) is 5.73 Å². The first-order valence-electron chi connectivity index (χ1n) is 7.28. The summed E-state index contributed by atoms with van der Waals surface area (Å²) in [5.74, 6) is 0.0949. The molecular formula is C15H24ClN3O2. The van der Waals surface area contributed by atoms with Crippen molar-refractivity contribution in [3.8, 4) is 0 Å². The Balaban J connectivity index is 0.00000220. The lowest BCUT2D eigenvalue weighted by Gasteiger charge is -2.23. The summed E-state index contributed by atoms with van der Waals surface area (Å²) in [4.78, 5) is 25.8. The summed E-state index contributed by atoms with van der Waals surface area (Å²) < 4.78 is 1.65. The van der Waals surface area contributed by atoms with Gasteiger partial charge in [0.05, 0.1) is 0 Å². The van der Waals surface area contributed by atoms with Gasteiger partial charge in [0, 0.05) is 43.9 Å². The minimum absolute atomic E-state index is 0. The number of pyridine rings is 1. The first-order valence-corrected chi connectivity index (χ1v) is 7.28. The van der Waals surface area contributed by atoms with Crippen LogP contribution in [0.4, 0.5) is 0 Å². The Labute approximate surface area is 131 Å². The van der Waals surface area contributed by atoms with Gasteiger partial charge in [-0.1, -0.05) is 12.5 Å². The maximum atomic E-state index is 12.2. The smallest absolute Gasteiger partial charge is 0.250 e. The third-order valence-corrected chi connectivity index (χ3v) is 3.88. The summed E-state index contributed by atoms with van der Waals surface area (Å²) in [6.07, 6.45) is 3.45. The predicted octanol–water partition coefficient (Wildman–Crippen LogP) is 1.31. The van der Waals surface area contributed by atoms with Crippen molar-refractivity contribution in [3.05, 3.63) is 34.2 Å². The van der Waals surface area contributed by atoms with E-state index in [-0.39, 0.29) is 29.9 Å². The highest BCUT2D eigenvalue weighted by Gasteiger charge is 2.19. The highest BCUT2D eigenvalue weighted by atomic mass is 35.5. The fourth-order valence-electron chi connectivity index (χ4n) is 2.68. The van der Waals surface area contributed by atoms with Crippen molar-refractivity contribution in [3.63, 3.8) is 0 Å². The summed E-state index contributed by atoms with van der Waals surface area (Å²) in [5, 5.41) is 0. The molecule has 1 fully saturated rings. The van der Waals surface area contributed by atoms with Crippen molar-refractivity contribution in [1.82, 2.24) is 9.47 Å². The monoisotopic (exact) mass is 313 g/mol. The lowest BCUT2D eigenvalue weighted by molar-refractivity contribution is -0.131. The number of hydrogen-bond acceptors (Lipinski definition) is 3. The Hall–Kier alpha value is -1.33. The summed E-state index contributed by atoms with van der Waals surface area (Å²) >= 11 is 0. The minimum Gasteiger partial charge on any atom is -0.341 e. The van der Waals surface area contributed by atoms with Gasteiger partial charge in [-0.3, -0.25) is 9.59 Å². The first-order chi connectivity index (χ1) is 9.58. The second kappa shape index (κ2) is 8.20. The molecule has 2 N–H and O–H groups in total. The number of likely N-dealkylation sites (tertiary alicyclic amines) is 1. The number of amides is 1. The fraction of sp³-hybridized carbons (Fsp3) is 0.600. The lowest BCUT2D eigenvalue weighted by atomic mass is 10.2. The molecule has 0 saturated carbocycles. The van der Waals surface area contributed by atoms with Crippen LogP contribution < -0.4 is 11.3 Å². The van der Waals surface area contributed by atoms with Crippen LogP contribution in [0.1, 0.15) is 31.4 Å². The van der Waals surface area contributed by atoms with Gasteiger partial charge in [-0.15, -0.1) is 12.4 Å². The SMILES string of the molecule is Cc1cccc(=O)n1CCC(=O)N1CCCCC(N)C1.Cl. The van der Waals surface area contributed by atoms with Gasteiger partial charge < -0.3 is 15.2 Å². The molecule has 1 amide bonds. The Bertz CT molecular complexity index is 530. The third kappa shape index (κ3) is 4.86. The summed E-state index contributed by atoms with van der Waals surface area (Å²) in [5.41, 5.74) is 6.81. The van der Waals surface area contributed by atoms with Gasteiger partial charge in [0.25, 0.3) is 5.56 Å². The van der Waals surface area contributed by atoms with Gasteiger partial charge in [-0.25, -0.2) is 0 Å². The van der Waals surface area contributed by atoms with Gasteiger partial charge >= 0.3 is 0 Å². The van der Waals surface area contributed by atoms with E-state index in [1.165, 1.54) is 6.07 Å². The number of nitrogens with zero attached hydrogens (tertiary/aromatic N) is 2. The quantitative estimate of drug-likeness (QED) is 0.915. The van der Waals surface area contributed by atoms with Crippen molar-refractivity contribution in [1.29, 1.82) is 0 Å². The molecule has 0 aromatic carbocycles. The van der Waals surface area contributed by atoms with E-state index < -0.39 is 0 Å². The molecule has 5 nitrogen and oxygen atoms in total. The van der Waals surface area contributed by atoms with Crippen molar-refractivity contribution < 1.29 is 4.79 Å². The highest BCUT2D eigenvalue weighted by molar-refractivity contribution is 5.85. The number of nitrogens with two attached hydrogens (primary N) is 1. The summed E-state index contributed by atoms with van der Waals surface area (Å²) in [7, 11) is 0. The topological polar surface area (TPSA) is 68.3 Å². The zero-order valence-corrected chi connectivity index (χ0v) is 13.3. The Morgan fingerprint density at radius 2 is 2.14 bits per heavy atom. The molecule has 1 aromatic heterocycles. The van der Waals surface area contributed by atoms with E-state index in [1.807, 2.05) is 17.9 Å². The first kappa shape index (κ1) is 17.7. The van der Waals surface area contributed by atoms with Gasteiger partial charge in [0.15, 0.2) is 0 Å². The zero-order chi connectivity index (χ0) is 14.5. The lowest BCUT2D eigenvalue weighted by Crippen LogP contribution is -2.40. The molecule has 1 unspecified atom stereocenters. The second-order valence-corrected chi connectivity index (χ2v) is 5.50. The van der Waals surface area contributed by atoms with Crippen molar-refractivity contribution in [2.75, 3.05) is 13.1 Å². The van der Waals surface area contributed by atoms with Crippen LogP contribution in [0.2, 0.25) is 0 Å². The fourth-order valence-corrected chi connectivity index (χ4v) is 2.68. The van der Waals surface area contributed by atoms with Gasteiger partial charge in [-0.2, -0.15) is 0 Å². The van der Waals surface area contributed by atoms with E-state index in [0.717, 1.165) is 31.5 Å². The highest BCUT2D eigenvalue weighted by Crippen LogP contribution is 2.10. The Kier molecular flexibility index (Phi) is 6.92. The third-order valence-electron chi connectivity index (χ3n) is 3.88. The largest absolute Gasteiger partial charge is 0.341 e. The average Bonchev–Trinajstić information content (AvgIpc) is 2.62. The zero-order valence-electron chi connectivity index (χ0n) is 12.5. The average molecular weight is 314 g/mol. The second-order valence-electron chi connectivity index (χ2n) is 5.50. The predicted molar refractivity (Wildman–Crippen MR) is 85.7 cm³/mol. The van der Waals surface area contributed by atoms with Crippen LogP contribution in [-0.2, 0) is 11.3 Å². The number of carbonyl (C=O) groups excluding carboxylic acids is 1. The van der Waals surface area contributed by atoms with Crippen LogP contribution in [0, 0.1) is 6.92 Å². The minimum atomic E-state index is -0.0506. The molecule has 1 saturated heterocycles. The van der Waals surface area contributed by atoms with Crippen molar-refractivity contribution in [2.45, 2.75) is 45.2 Å². The molecule has 1 aliphatic rings. The molecule has 1 atom stereocenters. The summed E-state index contributed by atoms with van der Waals surface area (Å²) in [6.45, 7) is 3.75. The number of halogens is 1. The van der Waals surface area contributed by atoms with E-state index in [9.17, 15) is 9.59 Å². The van der Waals surface area contributed by atoms with Crippen LogP contribution in [0.5, 0.6) is 0 Å². The molecule has 1 aromatic rings. The van der Waals surface area contributed by atoms with Gasteiger partial charge in [-0.05, 0) is 25.8 Å². The molecule has 6 heteroatoms. The maximum absolute atomic E-state index is 12.2. The van der Waals surface area contributed by atoms with Crippen molar-refractivity contribution >= 4 is 18.3 Å². The molecule has 1 aliphatic heterocycles. The molecule has 21 heavy (non-hydrogen) atoms. The number of aryl methyl sites for hydroxylation is 1. The molecule has 2 rings (SSSR count). The van der Waals surface area contributed by atoms with Crippen LogP contribution in [0.25, 0.3) is 0 Å². The molecule has 0 spiro atoms. The molecule has 118 valence electrons. The molecule has 0 bridgehead atoms. The molecule has 0 radical (unpaired) electrons. The van der Waals surface area contributed by atoms with Gasteiger partial charge in [0.2, 0.25) is 5.91 Å².